The zero-order chi connectivity index (χ0) is 12.5. The van der Waals surface area contributed by atoms with Gasteiger partial charge < -0.3 is 10.2 Å². The molecule has 96 valence electrons. The molecule has 0 aliphatic rings. The van der Waals surface area contributed by atoms with Gasteiger partial charge in [-0.15, -0.1) is 11.8 Å². The third-order valence-electron chi connectivity index (χ3n) is 2.20. The standard InChI is InChI=1S/C12H20ClN3S/c1-16(2)9-4-6-14-8-10-17-12-11(13)5-3-7-15-12/h3,5,7,14H,4,6,8-10H2,1-2H3. The zero-order valence-electron chi connectivity index (χ0n) is 10.4. The molecule has 1 heterocycles. The van der Waals surface area contributed by atoms with Gasteiger partial charge in [0.15, 0.2) is 0 Å². The minimum atomic E-state index is 0.741. The van der Waals surface area contributed by atoms with Gasteiger partial charge in [0.05, 0.1) is 5.02 Å². The molecule has 1 rings (SSSR count). The van der Waals surface area contributed by atoms with Crippen molar-refractivity contribution in [3.8, 4) is 0 Å². The van der Waals surface area contributed by atoms with E-state index in [0.29, 0.717) is 0 Å². The van der Waals surface area contributed by atoms with Gasteiger partial charge in [-0.3, -0.25) is 0 Å². The van der Waals surface area contributed by atoms with Crippen LogP contribution in [0.1, 0.15) is 6.42 Å². The van der Waals surface area contributed by atoms with E-state index in [2.05, 4.69) is 29.3 Å². The summed E-state index contributed by atoms with van der Waals surface area (Å²) >= 11 is 7.71. The van der Waals surface area contributed by atoms with Gasteiger partial charge >= 0.3 is 0 Å². The average Bonchev–Trinajstić information content (AvgIpc) is 2.30. The van der Waals surface area contributed by atoms with Gasteiger partial charge in [-0.2, -0.15) is 0 Å². The zero-order valence-corrected chi connectivity index (χ0v) is 12.0. The molecule has 0 saturated heterocycles. The number of hydrogen-bond donors (Lipinski definition) is 1. The largest absolute Gasteiger partial charge is 0.316 e. The summed E-state index contributed by atoms with van der Waals surface area (Å²) in [4.78, 5) is 6.43. The Morgan fingerprint density at radius 1 is 1.41 bits per heavy atom. The van der Waals surface area contributed by atoms with Crippen LogP contribution in [0.25, 0.3) is 0 Å². The molecule has 1 N–H and O–H groups in total. The molecule has 0 bridgehead atoms. The van der Waals surface area contributed by atoms with Crippen molar-refractivity contribution in [1.82, 2.24) is 15.2 Å². The molecule has 0 fully saturated rings. The monoisotopic (exact) mass is 273 g/mol. The van der Waals surface area contributed by atoms with E-state index in [1.165, 1.54) is 6.42 Å². The van der Waals surface area contributed by atoms with Crippen LogP contribution in [0.3, 0.4) is 0 Å². The Kier molecular flexibility index (Phi) is 7.60. The van der Waals surface area contributed by atoms with Crippen LogP contribution in [-0.2, 0) is 0 Å². The minimum absolute atomic E-state index is 0.741. The lowest BCUT2D eigenvalue weighted by molar-refractivity contribution is 0.396. The molecule has 3 nitrogen and oxygen atoms in total. The second kappa shape index (κ2) is 8.75. The van der Waals surface area contributed by atoms with E-state index in [1.807, 2.05) is 12.1 Å². The molecule has 0 saturated carbocycles. The number of halogens is 1. The quantitative estimate of drug-likeness (QED) is 0.581. The fraction of sp³-hybridized carbons (Fsp3) is 0.583. The predicted octanol–water partition coefficient (Wildman–Crippen LogP) is 2.37. The molecule has 0 radical (unpaired) electrons. The number of hydrogen-bond acceptors (Lipinski definition) is 4. The normalized spacial score (nSPS) is 11.1. The summed E-state index contributed by atoms with van der Waals surface area (Å²) in [6.45, 7) is 3.19. The Hall–Kier alpha value is -0.290. The van der Waals surface area contributed by atoms with E-state index in [1.54, 1.807) is 18.0 Å². The molecule has 5 heteroatoms. The van der Waals surface area contributed by atoms with Crippen molar-refractivity contribution >= 4 is 23.4 Å². The summed E-state index contributed by atoms with van der Waals surface area (Å²) in [7, 11) is 4.19. The third kappa shape index (κ3) is 6.88. The molecular formula is C12H20ClN3S. The van der Waals surface area contributed by atoms with Gasteiger partial charge in [0.1, 0.15) is 5.03 Å². The highest BCUT2D eigenvalue weighted by molar-refractivity contribution is 7.99. The maximum absolute atomic E-state index is 6.01. The smallest absolute Gasteiger partial charge is 0.115 e. The van der Waals surface area contributed by atoms with E-state index >= 15 is 0 Å². The van der Waals surface area contributed by atoms with Crippen LogP contribution in [-0.4, -0.2) is 49.4 Å². The summed E-state index contributed by atoms with van der Waals surface area (Å²) in [5.74, 6) is 0.999. The maximum atomic E-state index is 6.01. The van der Waals surface area contributed by atoms with Crippen molar-refractivity contribution in [3.05, 3.63) is 23.4 Å². The summed E-state index contributed by atoms with van der Waals surface area (Å²) in [6.07, 6.45) is 2.96. The van der Waals surface area contributed by atoms with Gasteiger partial charge in [-0.1, -0.05) is 11.6 Å². The highest BCUT2D eigenvalue weighted by Crippen LogP contribution is 2.23. The summed E-state index contributed by atoms with van der Waals surface area (Å²) < 4.78 is 0. The van der Waals surface area contributed by atoms with Crippen molar-refractivity contribution in [1.29, 1.82) is 0 Å². The van der Waals surface area contributed by atoms with Crippen molar-refractivity contribution < 1.29 is 0 Å². The second-order valence-corrected chi connectivity index (χ2v) is 5.54. The number of nitrogens with zero attached hydrogens (tertiary/aromatic N) is 2. The van der Waals surface area contributed by atoms with Gasteiger partial charge in [-0.05, 0) is 45.7 Å². The van der Waals surface area contributed by atoms with E-state index in [-0.39, 0.29) is 0 Å². The maximum Gasteiger partial charge on any atom is 0.115 e. The Bertz CT molecular complexity index is 320. The van der Waals surface area contributed by atoms with Gasteiger partial charge in [0.25, 0.3) is 0 Å². The summed E-state index contributed by atoms with van der Waals surface area (Å²) in [6, 6.07) is 3.73. The first kappa shape index (κ1) is 14.8. The molecular weight excluding hydrogens is 254 g/mol. The van der Waals surface area contributed by atoms with Crippen LogP contribution in [0.4, 0.5) is 0 Å². The van der Waals surface area contributed by atoms with E-state index in [4.69, 9.17) is 11.6 Å². The molecule has 17 heavy (non-hydrogen) atoms. The van der Waals surface area contributed by atoms with E-state index in [9.17, 15) is 0 Å². The van der Waals surface area contributed by atoms with Crippen LogP contribution < -0.4 is 5.32 Å². The Balaban J connectivity index is 2.03. The topological polar surface area (TPSA) is 28.2 Å². The van der Waals surface area contributed by atoms with Crippen molar-refractivity contribution in [2.24, 2.45) is 0 Å². The van der Waals surface area contributed by atoms with Crippen LogP contribution in [0.2, 0.25) is 5.02 Å². The molecule has 0 unspecified atom stereocenters. The number of thioether (sulfide) groups is 1. The molecule has 0 amide bonds. The fourth-order valence-electron chi connectivity index (χ4n) is 1.34. The lowest BCUT2D eigenvalue weighted by Crippen LogP contribution is -2.23. The van der Waals surface area contributed by atoms with Crippen LogP contribution >= 0.6 is 23.4 Å². The van der Waals surface area contributed by atoms with E-state index < -0.39 is 0 Å². The fourth-order valence-corrected chi connectivity index (χ4v) is 2.41. The first-order valence-electron chi connectivity index (χ1n) is 5.79. The molecule has 1 aromatic rings. The Labute approximate surface area is 113 Å². The predicted molar refractivity (Wildman–Crippen MR) is 76.0 cm³/mol. The highest BCUT2D eigenvalue weighted by atomic mass is 35.5. The van der Waals surface area contributed by atoms with Gasteiger partial charge in [0.2, 0.25) is 0 Å². The molecule has 0 aromatic carbocycles. The first-order chi connectivity index (χ1) is 8.20. The van der Waals surface area contributed by atoms with Crippen molar-refractivity contribution in [3.63, 3.8) is 0 Å². The Morgan fingerprint density at radius 3 is 2.94 bits per heavy atom. The number of aromatic nitrogens is 1. The summed E-state index contributed by atoms with van der Waals surface area (Å²) in [5, 5.41) is 5.07. The SMILES string of the molecule is CN(C)CCCNCCSc1ncccc1Cl. The number of pyridine rings is 1. The summed E-state index contributed by atoms with van der Waals surface area (Å²) in [5.41, 5.74) is 0. The first-order valence-corrected chi connectivity index (χ1v) is 7.15. The number of rotatable bonds is 8. The minimum Gasteiger partial charge on any atom is -0.316 e. The van der Waals surface area contributed by atoms with Crippen molar-refractivity contribution in [2.75, 3.05) is 39.5 Å². The van der Waals surface area contributed by atoms with Crippen LogP contribution in [0, 0.1) is 0 Å². The molecule has 1 aromatic heterocycles. The Morgan fingerprint density at radius 2 is 2.24 bits per heavy atom. The van der Waals surface area contributed by atoms with E-state index in [0.717, 1.165) is 35.4 Å². The molecule has 0 spiro atoms. The lowest BCUT2D eigenvalue weighted by atomic mass is 10.4. The van der Waals surface area contributed by atoms with Gasteiger partial charge in [0, 0.05) is 18.5 Å². The molecule has 0 aliphatic carbocycles. The van der Waals surface area contributed by atoms with Gasteiger partial charge in [-0.25, -0.2) is 4.98 Å². The third-order valence-corrected chi connectivity index (χ3v) is 3.63. The average molecular weight is 274 g/mol. The van der Waals surface area contributed by atoms with Crippen LogP contribution in [0.15, 0.2) is 23.4 Å². The molecule has 0 aliphatic heterocycles. The number of nitrogens with one attached hydrogen (secondary N) is 1. The lowest BCUT2D eigenvalue weighted by Gasteiger charge is -2.09. The second-order valence-electron chi connectivity index (χ2n) is 4.05. The van der Waals surface area contributed by atoms with Crippen molar-refractivity contribution in [2.45, 2.75) is 11.4 Å². The van der Waals surface area contributed by atoms with Crippen LogP contribution in [0.5, 0.6) is 0 Å². The molecule has 0 atom stereocenters. The highest BCUT2D eigenvalue weighted by Gasteiger charge is 2.00.